The maximum Gasteiger partial charge on any atom is 0.441 e. The molecular formula is C11H16F3N3O2S. The first kappa shape index (κ1) is 16.8. The fourth-order valence-corrected chi connectivity index (χ4v) is 1.98. The minimum absolute atomic E-state index is 0.0830. The summed E-state index contributed by atoms with van der Waals surface area (Å²) in [5, 5.41) is 6.80. The van der Waals surface area contributed by atoms with Gasteiger partial charge in [-0.25, -0.2) is 4.79 Å². The van der Waals surface area contributed by atoms with Gasteiger partial charge in [0.2, 0.25) is 0 Å². The van der Waals surface area contributed by atoms with E-state index in [1.54, 1.807) is 14.0 Å². The van der Waals surface area contributed by atoms with Crippen LogP contribution < -0.4 is 5.32 Å². The Kier molecular flexibility index (Phi) is 6.34. The maximum absolute atomic E-state index is 11.9. The van der Waals surface area contributed by atoms with Crippen LogP contribution in [0, 0.1) is 0 Å². The SMILES string of the molecule is CCOC(=O)c1cnn(C)c1CNCCSC(F)(F)F. The van der Waals surface area contributed by atoms with Crippen LogP contribution in [-0.4, -0.2) is 40.2 Å². The second-order valence-corrected chi connectivity index (χ2v) is 4.98. The number of nitrogens with one attached hydrogen (secondary N) is 1. The summed E-state index contributed by atoms with van der Waals surface area (Å²) in [4.78, 5) is 11.6. The van der Waals surface area contributed by atoms with E-state index < -0.39 is 11.5 Å². The molecule has 0 unspecified atom stereocenters. The summed E-state index contributed by atoms with van der Waals surface area (Å²) >= 11 is -0.0830. The molecule has 114 valence electrons. The van der Waals surface area contributed by atoms with Crippen molar-refractivity contribution in [2.24, 2.45) is 7.05 Å². The Bertz CT molecular complexity index is 449. The highest BCUT2D eigenvalue weighted by atomic mass is 32.2. The fraction of sp³-hybridized carbons (Fsp3) is 0.636. The van der Waals surface area contributed by atoms with Crippen molar-refractivity contribution in [1.82, 2.24) is 15.1 Å². The Morgan fingerprint density at radius 1 is 1.55 bits per heavy atom. The van der Waals surface area contributed by atoms with Gasteiger partial charge in [0.25, 0.3) is 0 Å². The molecule has 20 heavy (non-hydrogen) atoms. The molecule has 0 saturated carbocycles. The third-order valence-electron chi connectivity index (χ3n) is 2.39. The zero-order valence-electron chi connectivity index (χ0n) is 11.2. The molecule has 0 bridgehead atoms. The van der Waals surface area contributed by atoms with Gasteiger partial charge in [0.1, 0.15) is 5.56 Å². The lowest BCUT2D eigenvalue weighted by Crippen LogP contribution is -2.21. The summed E-state index contributed by atoms with van der Waals surface area (Å²) in [6.07, 6.45) is 1.39. The highest BCUT2D eigenvalue weighted by Gasteiger charge is 2.27. The van der Waals surface area contributed by atoms with Crippen molar-refractivity contribution in [2.75, 3.05) is 18.9 Å². The Balaban J connectivity index is 2.47. The number of aryl methyl sites for hydroxylation is 1. The Labute approximate surface area is 118 Å². The van der Waals surface area contributed by atoms with Gasteiger partial charge in [-0.15, -0.1) is 0 Å². The van der Waals surface area contributed by atoms with Crippen LogP contribution in [-0.2, 0) is 18.3 Å². The van der Waals surface area contributed by atoms with E-state index in [1.807, 2.05) is 0 Å². The van der Waals surface area contributed by atoms with Crippen molar-refractivity contribution in [3.8, 4) is 0 Å². The Hall–Kier alpha value is -1.22. The Morgan fingerprint density at radius 2 is 2.25 bits per heavy atom. The number of alkyl halides is 3. The van der Waals surface area contributed by atoms with Crippen LogP contribution in [0.25, 0.3) is 0 Å². The summed E-state index contributed by atoms with van der Waals surface area (Å²) in [6, 6.07) is 0. The van der Waals surface area contributed by atoms with E-state index in [1.165, 1.54) is 10.9 Å². The Morgan fingerprint density at radius 3 is 2.85 bits per heavy atom. The molecule has 1 rings (SSSR count). The van der Waals surface area contributed by atoms with Crippen molar-refractivity contribution in [1.29, 1.82) is 0 Å². The number of aromatic nitrogens is 2. The number of thioether (sulfide) groups is 1. The van der Waals surface area contributed by atoms with E-state index in [4.69, 9.17) is 4.74 Å². The van der Waals surface area contributed by atoms with Crippen LogP contribution in [0.3, 0.4) is 0 Å². The van der Waals surface area contributed by atoms with Gasteiger partial charge in [0.05, 0.1) is 18.5 Å². The lowest BCUT2D eigenvalue weighted by Gasteiger charge is -2.08. The molecule has 0 fully saturated rings. The van der Waals surface area contributed by atoms with Crippen molar-refractivity contribution in [2.45, 2.75) is 19.0 Å². The molecule has 0 saturated heterocycles. The molecule has 1 aromatic rings. The smallest absolute Gasteiger partial charge is 0.441 e. The number of hydrogen-bond acceptors (Lipinski definition) is 5. The van der Waals surface area contributed by atoms with Crippen molar-refractivity contribution in [3.63, 3.8) is 0 Å². The number of carbonyl (C=O) groups is 1. The molecule has 9 heteroatoms. The standard InChI is InChI=1S/C11H16F3N3O2S/c1-3-19-10(18)8-6-16-17(2)9(8)7-15-4-5-20-11(12,13)14/h6,15H,3-5,7H2,1-2H3. The molecule has 0 radical (unpaired) electrons. The summed E-state index contributed by atoms with van der Waals surface area (Å²) in [5.41, 5.74) is -3.31. The van der Waals surface area contributed by atoms with E-state index in [-0.39, 0.29) is 37.2 Å². The molecule has 5 nitrogen and oxygen atoms in total. The number of ether oxygens (including phenoxy) is 1. The topological polar surface area (TPSA) is 56.1 Å². The van der Waals surface area contributed by atoms with E-state index in [0.29, 0.717) is 11.3 Å². The van der Waals surface area contributed by atoms with Crippen LogP contribution in [0.5, 0.6) is 0 Å². The van der Waals surface area contributed by atoms with Crippen LogP contribution >= 0.6 is 11.8 Å². The van der Waals surface area contributed by atoms with E-state index in [2.05, 4.69) is 10.4 Å². The molecule has 1 N–H and O–H groups in total. The zero-order valence-corrected chi connectivity index (χ0v) is 12.0. The lowest BCUT2D eigenvalue weighted by atomic mass is 10.2. The van der Waals surface area contributed by atoms with Crippen molar-refractivity contribution >= 4 is 17.7 Å². The largest absolute Gasteiger partial charge is 0.462 e. The highest BCUT2D eigenvalue weighted by Crippen LogP contribution is 2.29. The van der Waals surface area contributed by atoms with Gasteiger partial charge < -0.3 is 10.1 Å². The molecule has 0 aliphatic rings. The second-order valence-electron chi connectivity index (χ2n) is 3.82. The minimum atomic E-state index is -4.22. The summed E-state index contributed by atoms with van der Waals surface area (Å²) in [5.74, 6) is -0.571. The first-order chi connectivity index (χ1) is 9.35. The first-order valence-electron chi connectivity index (χ1n) is 5.94. The number of esters is 1. The van der Waals surface area contributed by atoms with E-state index in [0.717, 1.165) is 0 Å². The van der Waals surface area contributed by atoms with Crippen molar-refractivity contribution in [3.05, 3.63) is 17.5 Å². The average Bonchev–Trinajstić information content (AvgIpc) is 2.69. The van der Waals surface area contributed by atoms with E-state index in [9.17, 15) is 18.0 Å². The second kappa shape index (κ2) is 7.53. The zero-order chi connectivity index (χ0) is 15.2. The van der Waals surface area contributed by atoms with Gasteiger partial charge in [-0.05, 0) is 18.7 Å². The minimum Gasteiger partial charge on any atom is -0.462 e. The third-order valence-corrected chi connectivity index (χ3v) is 3.13. The molecule has 0 aromatic carbocycles. The molecular weight excluding hydrogens is 295 g/mol. The van der Waals surface area contributed by atoms with Gasteiger partial charge in [0.15, 0.2) is 0 Å². The fourth-order valence-electron chi connectivity index (χ4n) is 1.50. The maximum atomic E-state index is 11.9. The van der Waals surface area contributed by atoms with E-state index >= 15 is 0 Å². The average molecular weight is 311 g/mol. The molecule has 1 heterocycles. The molecule has 0 amide bonds. The number of hydrogen-bond donors (Lipinski definition) is 1. The molecule has 1 aromatic heterocycles. The molecule has 0 atom stereocenters. The number of rotatable bonds is 7. The monoisotopic (exact) mass is 311 g/mol. The highest BCUT2D eigenvalue weighted by molar-refractivity contribution is 8.00. The van der Waals surface area contributed by atoms with Crippen molar-refractivity contribution < 1.29 is 22.7 Å². The summed E-state index contributed by atoms with van der Waals surface area (Å²) in [6.45, 7) is 2.38. The predicted octanol–water partition coefficient (Wildman–Crippen LogP) is 1.94. The summed E-state index contributed by atoms with van der Waals surface area (Å²) < 4.78 is 42.2. The number of halogens is 3. The first-order valence-corrected chi connectivity index (χ1v) is 6.93. The quantitative estimate of drug-likeness (QED) is 0.616. The van der Waals surface area contributed by atoms with Gasteiger partial charge in [-0.2, -0.15) is 18.3 Å². The molecule has 0 aliphatic heterocycles. The lowest BCUT2D eigenvalue weighted by molar-refractivity contribution is -0.0327. The van der Waals surface area contributed by atoms with Gasteiger partial charge in [-0.3, -0.25) is 4.68 Å². The van der Waals surface area contributed by atoms with Crippen LogP contribution in [0.2, 0.25) is 0 Å². The number of carbonyl (C=O) groups excluding carboxylic acids is 1. The van der Waals surface area contributed by atoms with Crippen LogP contribution in [0.15, 0.2) is 6.20 Å². The number of nitrogens with zero attached hydrogens (tertiary/aromatic N) is 2. The normalized spacial score (nSPS) is 11.7. The summed E-state index contributed by atoms with van der Waals surface area (Å²) in [7, 11) is 1.66. The van der Waals surface area contributed by atoms with Crippen LogP contribution in [0.1, 0.15) is 23.0 Å². The van der Waals surface area contributed by atoms with Gasteiger partial charge >= 0.3 is 11.5 Å². The van der Waals surface area contributed by atoms with Crippen LogP contribution in [0.4, 0.5) is 13.2 Å². The molecule has 0 aliphatic carbocycles. The third kappa shape index (κ3) is 5.41. The van der Waals surface area contributed by atoms with Gasteiger partial charge in [-0.1, -0.05) is 0 Å². The molecule has 0 spiro atoms. The van der Waals surface area contributed by atoms with Gasteiger partial charge in [0, 0.05) is 25.9 Å². The predicted molar refractivity (Wildman–Crippen MR) is 69.4 cm³/mol.